The summed E-state index contributed by atoms with van der Waals surface area (Å²) in [5, 5.41) is 9.67. The van der Waals surface area contributed by atoms with Gasteiger partial charge in [0.05, 0.1) is 11.8 Å². The van der Waals surface area contributed by atoms with Crippen LogP contribution in [0, 0.1) is 6.92 Å². The van der Waals surface area contributed by atoms with Gasteiger partial charge in [-0.2, -0.15) is 5.10 Å². The topological polar surface area (TPSA) is 73.9 Å². The first-order chi connectivity index (χ1) is 12.7. The Kier molecular flexibility index (Phi) is 4.39. The first-order valence-electron chi connectivity index (χ1n) is 8.76. The van der Waals surface area contributed by atoms with Crippen molar-refractivity contribution < 1.29 is 4.79 Å². The highest BCUT2D eigenvalue weighted by molar-refractivity contribution is 5.94. The maximum atomic E-state index is 12.3. The molecule has 1 aliphatic heterocycles. The number of rotatable bonds is 4. The second-order valence-electron chi connectivity index (χ2n) is 6.52. The molecule has 1 amide bonds. The highest BCUT2D eigenvalue weighted by atomic mass is 16.1. The number of nitrogens with zero attached hydrogens (tertiary/aromatic N) is 3. The fraction of sp³-hybridized carbons (Fsp3) is 0.250. The number of benzene rings is 1. The lowest BCUT2D eigenvalue weighted by Gasteiger charge is -2.31. The van der Waals surface area contributed by atoms with Gasteiger partial charge >= 0.3 is 0 Å². The molecule has 132 valence electrons. The van der Waals surface area contributed by atoms with Gasteiger partial charge in [-0.1, -0.05) is 30.3 Å². The van der Waals surface area contributed by atoms with Crippen LogP contribution < -0.4 is 10.2 Å². The van der Waals surface area contributed by atoms with Crippen molar-refractivity contribution in [1.82, 2.24) is 20.5 Å². The van der Waals surface area contributed by atoms with Gasteiger partial charge in [-0.05, 0) is 30.5 Å². The number of fused-ring (bicyclic) bond motifs is 1. The molecule has 3 heterocycles. The van der Waals surface area contributed by atoms with Crippen LogP contribution in [0.5, 0.6) is 0 Å². The number of anilines is 1. The number of aromatic nitrogens is 3. The van der Waals surface area contributed by atoms with Crippen LogP contribution in [0.3, 0.4) is 0 Å². The molecule has 0 fully saturated rings. The zero-order valence-electron chi connectivity index (χ0n) is 14.7. The molecule has 0 saturated carbocycles. The van der Waals surface area contributed by atoms with E-state index in [1.807, 2.05) is 19.1 Å². The first kappa shape index (κ1) is 16.3. The fourth-order valence-corrected chi connectivity index (χ4v) is 3.38. The Morgan fingerprint density at radius 1 is 1.23 bits per heavy atom. The molecule has 0 aliphatic carbocycles. The Labute approximate surface area is 152 Å². The molecule has 0 bridgehead atoms. The lowest BCUT2D eigenvalue weighted by molar-refractivity contribution is 0.0950. The monoisotopic (exact) mass is 347 g/mol. The molecule has 2 aromatic heterocycles. The van der Waals surface area contributed by atoms with Crippen LogP contribution in [-0.2, 0) is 19.5 Å². The number of carbonyl (C=O) groups excluding carboxylic acids is 1. The molecule has 0 atom stereocenters. The zero-order chi connectivity index (χ0) is 17.9. The molecule has 0 radical (unpaired) electrons. The molecule has 2 N–H and O–H groups in total. The van der Waals surface area contributed by atoms with E-state index in [1.165, 1.54) is 11.1 Å². The Morgan fingerprint density at radius 2 is 2.08 bits per heavy atom. The normalized spacial score (nSPS) is 13.3. The van der Waals surface area contributed by atoms with Gasteiger partial charge in [0.2, 0.25) is 0 Å². The van der Waals surface area contributed by atoms with E-state index in [0.29, 0.717) is 12.1 Å². The second-order valence-corrected chi connectivity index (χ2v) is 6.52. The number of aromatic amines is 1. The Hall–Kier alpha value is -3.15. The lowest BCUT2D eigenvalue weighted by Crippen LogP contribution is -2.32. The molecule has 3 aromatic rings. The van der Waals surface area contributed by atoms with Gasteiger partial charge in [0, 0.05) is 37.1 Å². The van der Waals surface area contributed by atoms with Crippen molar-refractivity contribution in [3.63, 3.8) is 0 Å². The Bertz CT molecular complexity index is 933. The summed E-state index contributed by atoms with van der Waals surface area (Å²) in [5.74, 6) is 0.807. The molecule has 0 saturated heterocycles. The van der Waals surface area contributed by atoms with Crippen molar-refractivity contribution in [2.24, 2.45) is 0 Å². The number of amides is 1. The van der Waals surface area contributed by atoms with Crippen molar-refractivity contribution in [2.75, 3.05) is 11.4 Å². The van der Waals surface area contributed by atoms with Crippen LogP contribution >= 0.6 is 0 Å². The zero-order valence-corrected chi connectivity index (χ0v) is 14.7. The third-order valence-corrected chi connectivity index (χ3v) is 4.81. The second kappa shape index (κ2) is 7.00. The van der Waals surface area contributed by atoms with E-state index in [2.05, 4.69) is 49.7 Å². The molecule has 4 rings (SSSR count). The Balaban J connectivity index is 1.51. The molecule has 6 heteroatoms. The van der Waals surface area contributed by atoms with E-state index < -0.39 is 0 Å². The van der Waals surface area contributed by atoms with Gasteiger partial charge < -0.3 is 10.2 Å². The molecule has 1 aliphatic rings. The van der Waals surface area contributed by atoms with E-state index in [-0.39, 0.29) is 5.91 Å². The summed E-state index contributed by atoms with van der Waals surface area (Å²) < 4.78 is 0. The van der Waals surface area contributed by atoms with Crippen molar-refractivity contribution in [2.45, 2.75) is 26.4 Å². The number of aryl methyl sites for hydroxylation is 1. The molecule has 6 nitrogen and oxygen atoms in total. The summed E-state index contributed by atoms with van der Waals surface area (Å²) in [5.41, 5.74) is 5.10. The average molecular weight is 347 g/mol. The number of pyridine rings is 1. The summed E-state index contributed by atoms with van der Waals surface area (Å²) >= 11 is 0. The minimum Gasteiger partial charge on any atom is -0.352 e. The summed E-state index contributed by atoms with van der Waals surface area (Å²) in [6.07, 6.45) is 4.37. The van der Waals surface area contributed by atoms with Gasteiger partial charge in [0.25, 0.3) is 5.91 Å². The van der Waals surface area contributed by atoms with Crippen LogP contribution in [0.25, 0.3) is 0 Å². The molecule has 1 aromatic carbocycles. The molecular formula is C20H21N5O. The smallest absolute Gasteiger partial charge is 0.255 e. The first-order valence-corrected chi connectivity index (χ1v) is 8.76. The number of nitrogens with one attached hydrogen (secondary N) is 2. The summed E-state index contributed by atoms with van der Waals surface area (Å²) in [7, 11) is 0. The van der Waals surface area contributed by atoms with E-state index in [1.54, 1.807) is 12.4 Å². The van der Waals surface area contributed by atoms with Crippen molar-refractivity contribution >= 4 is 11.7 Å². The maximum Gasteiger partial charge on any atom is 0.255 e. The summed E-state index contributed by atoms with van der Waals surface area (Å²) in [6, 6.07) is 12.5. The summed E-state index contributed by atoms with van der Waals surface area (Å²) in [6.45, 7) is 4.04. The van der Waals surface area contributed by atoms with E-state index in [4.69, 9.17) is 0 Å². The highest BCUT2D eigenvalue weighted by Gasteiger charge is 2.20. The third kappa shape index (κ3) is 3.18. The molecular weight excluding hydrogens is 326 g/mol. The maximum absolute atomic E-state index is 12.3. The van der Waals surface area contributed by atoms with E-state index >= 15 is 0 Å². The quantitative estimate of drug-likeness (QED) is 0.761. The minimum absolute atomic E-state index is 0.130. The van der Waals surface area contributed by atoms with Crippen LogP contribution in [0.1, 0.15) is 32.7 Å². The summed E-state index contributed by atoms with van der Waals surface area (Å²) in [4.78, 5) is 19.2. The number of H-pyrrole nitrogens is 1. The molecule has 26 heavy (non-hydrogen) atoms. The standard InChI is InChI=1S/C20H21N5O/c1-14-18(12-23-24-14)20(26)22-11-16-7-4-9-21-19(16)25-10-8-15-5-2-3-6-17(15)13-25/h2-7,9,12H,8,10-11,13H2,1H3,(H,22,26)(H,23,24). The van der Waals surface area contributed by atoms with Crippen molar-refractivity contribution in [1.29, 1.82) is 0 Å². The van der Waals surface area contributed by atoms with Gasteiger partial charge in [-0.3, -0.25) is 9.89 Å². The largest absolute Gasteiger partial charge is 0.352 e. The van der Waals surface area contributed by atoms with Gasteiger partial charge in [0.1, 0.15) is 5.82 Å². The van der Waals surface area contributed by atoms with Crippen LogP contribution in [0.2, 0.25) is 0 Å². The lowest BCUT2D eigenvalue weighted by atomic mass is 9.99. The number of hydrogen-bond acceptors (Lipinski definition) is 4. The van der Waals surface area contributed by atoms with E-state index in [0.717, 1.165) is 36.6 Å². The molecule has 0 spiro atoms. The average Bonchev–Trinajstić information content (AvgIpc) is 3.12. The van der Waals surface area contributed by atoms with Crippen molar-refractivity contribution in [3.8, 4) is 0 Å². The van der Waals surface area contributed by atoms with Gasteiger partial charge in [0.15, 0.2) is 0 Å². The fourth-order valence-electron chi connectivity index (χ4n) is 3.38. The third-order valence-electron chi connectivity index (χ3n) is 4.81. The predicted molar refractivity (Wildman–Crippen MR) is 99.9 cm³/mol. The van der Waals surface area contributed by atoms with Crippen LogP contribution in [-0.4, -0.2) is 27.6 Å². The Morgan fingerprint density at radius 3 is 2.88 bits per heavy atom. The van der Waals surface area contributed by atoms with Gasteiger partial charge in [-0.15, -0.1) is 0 Å². The van der Waals surface area contributed by atoms with Crippen molar-refractivity contribution in [3.05, 3.63) is 76.7 Å². The van der Waals surface area contributed by atoms with Gasteiger partial charge in [-0.25, -0.2) is 4.98 Å². The molecule has 0 unspecified atom stereocenters. The highest BCUT2D eigenvalue weighted by Crippen LogP contribution is 2.25. The number of hydrogen-bond donors (Lipinski definition) is 2. The minimum atomic E-state index is -0.130. The van der Waals surface area contributed by atoms with Crippen LogP contribution in [0.4, 0.5) is 5.82 Å². The predicted octanol–water partition coefficient (Wildman–Crippen LogP) is 2.61. The van der Waals surface area contributed by atoms with E-state index in [9.17, 15) is 4.79 Å². The van der Waals surface area contributed by atoms with Crippen LogP contribution in [0.15, 0.2) is 48.8 Å². The SMILES string of the molecule is Cc1[nH]ncc1C(=O)NCc1cccnc1N1CCc2ccccc2C1. The number of carbonyl (C=O) groups is 1.